The topological polar surface area (TPSA) is 72.4 Å². The number of hydrogen-bond donors (Lipinski definition) is 1. The molecule has 1 fully saturated rings. The Kier molecular flexibility index (Phi) is 9.73. The lowest BCUT2D eigenvalue weighted by Crippen LogP contribution is -2.48. The number of nitrogens with zero attached hydrogens (tertiary/aromatic N) is 5. The first-order chi connectivity index (χ1) is 17.5. The quantitative estimate of drug-likeness (QED) is 0.343. The zero-order chi connectivity index (χ0) is 25.3. The van der Waals surface area contributed by atoms with Gasteiger partial charge in [-0.05, 0) is 57.2 Å². The summed E-state index contributed by atoms with van der Waals surface area (Å²) in [5.74, 6) is 1.41. The lowest BCUT2D eigenvalue weighted by Gasteiger charge is -2.36. The standard InChI is InChI=1S/C29H44N6O/c1-4-5-14-26-31-27-25(13-9-10-15-33-16-18-34(19-17-33)23(2)3)20-35(28(27)29(30)32-26)22-36-21-24-11-7-6-8-12-24/h6-8,11-12,20,23H,4-5,9-10,13-19,21-22H2,1-3H3,(H2,30,31,32). The average molecular weight is 493 g/mol. The van der Waals surface area contributed by atoms with Crippen molar-refractivity contribution in [2.24, 2.45) is 0 Å². The fraction of sp³-hybridized carbons (Fsp3) is 0.586. The van der Waals surface area contributed by atoms with Crippen LogP contribution in [0.2, 0.25) is 0 Å². The third-order valence-electron chi connectivity index (χ3n) is 7.26. The van der Waals surface area contributed by atoms with Crippen LogP contribution in [0, 0.1) is 0 Å². The van der Waals surface area contributed by atoms with Crippen LogP contribution in [0.4, 0.5) is 5.82 Å². The molecule has 0 atom stereocenters. The monoisotopic (exact) mass is 492 g/mol. The van der Waals surface area contributed by atoms with Gasteiger partial charge in [-0.15, -0.1) is 0 Å². The molecule has 3 aromatic rings. The molecule has 0 saturated carbocycles. The third kappa shape index (κ3) is 7.05. The molecule has 1 aromatic carbocycles. The predicted molar refractivity (Wildman–Crippen MR) is 148 cm³/mol. The summed E-state index contributed by atoms with van der Waals surface area (Å²) in [6.45, 7) is 13.7. The fourth-order valence-electron chi connectivity index (χ4n) is 5.06. The lowest BCUT2D eigenvalue weighted by atomic mass is 10.1. The van der Waals surface area contributed by atoms with Gasteiger partial charge in [0.1, 0.15) is 18.1 Å². The molecule has 0 bridgehead atoms. The van der Waals surface area contributed by atoms with Crippen LogP contribution in [-0.4, -0.2) is 63.1 Å². The summed E-state index contributed by atoms with van der Waals surface area (Å²) in [6, 6.07) is 10.9. The van der Waals surface area contributed by atoms with E-state index in [0.717, 1.165) is 54.5 Å². The maximum Gasteiger partial charge on any atom is 0.151 e. The molecule has 0 aliphatic carbocycles. The van der Waals surface area contributed by atoms with Crippen molar-refractivity contribution < 1.29 is 4.74 Å². The number of hydrogen-bond acceptors (Lipinski definition) is 6. The molecule has 0 radical (unpaired) electrons. The van der Waals surface area contributed by atoms with E-state index < -0.39 is 0 Å². The second kappa shape index (κ2) is 13.2. The minimum absolute atomic E-state index is 0.438. The number of nitrogens with two attached hydrogens (primary N) is 1. The van der Waals surface area contributed by atoms with Gasteiger partial charge >= 0.3 is 0 Å². The van der Waals surface area contributed by atoms with Crippen LogP contribution < -0.4 is 5.73 Å². The van der Waals surface area contributed by atoms with Crippen molar-refractivity contribution in [3.05, 3.63) is 53.5 Å². The van der Waals surface area contributed by atoms with E-state index in [1.165, 1.54) is 44.7 Å². The van der Waals surface area contributed by atoms with Crippen LogP contribution in [0.15, 0.2) is 36.5 Å². The molecule has 0 unspecified atom stereocenters. The second-order valence-corrected chi connectivity index (χ2v) is 10.3. The zero-order valence-corrected chi connectivity index (χ0v) is 22.5. The number of rotatable bonds is 13. The van der Waals surface area contributed by atoms with E-state index in [1.54, 1.807) is 0 Å². The van der Waals surface area contributed by atoms with Crippen molar-refractivity contribution >= 4 is 16.9 Å². The minimum atomic E-state index is 0.438. The van der Waals surface area contributed by atoms with Crippen LogP contribution in [0.1, 0.15) is 63.4 Å². The van der Waals surface area contributed by atoms with E-state index in [9.17, 15) is 0 Å². The van der Waals surface area contributed by atoms with Gasteiger partial charge in [0.25, 0.3) is 0 Å². The van der Waals surface area contributed by atoms with Gasteiger partial charge in [-0.3, -0.25) is 4.90 Å². The van der Waals surface area contributed by atoms with Gasteiger partial charge in [-0.25, -0.2) is 9.97 Å². The number of ether oxygens (including phenoxy) is 1. The second-order valence-electron chi connectivity index (χ2n) is 10.3. The minimum Gasteiger partial charge on any atom is -0.382 e. The number of benzene rings is 1. The van der Waals surface area contributed by atoms with Gasteiger partial charge in [0.05, 0.1) is 12.1 Å². The Hall–Kier alpha value is -2.48. The van der Waals surface area contributed by atoms with Crippen LogP contribution in [-0.2, 0) is 30.9 Å². The zero-order valence-electron chi connectivity index (χ0n) is 22.5. The highest BCUT2D eigenvalue weighted by atomic mass is 16.5. The summed E-state index contributed by atoms with van der Waals surface area (Å²) in [5, 5.41) is 0. The van der Waals surface area contributed by atoms with Crippen molar-refractivity contribution in [2.45, 2.75) is 78.7 Å². The van der Waals surface area contributed by atoms with Crippen LogP contribution in [0.3, 0.4) is 0 Å². The number of anilines is 1. The van der Waals surface area contributed by atoms with Gasteiger partial charge in [0.15, 0.2) is 5.82 Å². The van der Waals surface area contributed by atoms with Crippen LogP contribution >= 0.6 is 0 Å². The molecule has 36 heavy (non-hydrogen) atoms. The Morgan fingerprint density at radius 1 is 0.972 bits per heavy atom. The van der Waals surface area contributed by atoms with Crippen molar-refractivity contribution in [1.29, 1.82) is 0 Å². The Bertz CT molecular complexity index is 1070. The van der Waals surface area contributed by atoms with Crippen molar-refractivity contribution in [3.8, 4) is 0 Å². The first kappa shape index (κ1) is 26.6. The average Bonchev–Trinajstić information content (AvgIpc) is 3.24. The molecule has 1 aliphatic heterocycles. The highest BCUT2D eigenvalue weighted by Gasteiger charge is 2.19. The van der Waals surface area contributed by atoms with Gasteiger partial charge < -0.3 is 19.9 Å². The first-order valence-electron chi connectivity index (χ1n) is 13.8. The number of nitrogen functional groups attached to an aromatic ring is 1. The van der Waals surface area contributed by atoms with E-state index in [-0.39, 0.29) is 0 Å². The van der Waals surface area contributed by atoms with Crippen molar-refractivity contribution in [3.63, 3.8) is 0 Å². The summed E-state index contributed by atoms with van der Waals surface area (Å²) in [5.41, 5.74) is 10.8. The molecule has 3 heterocycles. The Balaban J connectivity index is 1.40. The number of unbranched alkanes of at least 4 members (excludes halogenated alkanes) is 2. The number of aromatic nitrogens is 3. The molecule has 1 saturated heterocycles. The van der Waals surface area contributed by atoms with E-state index in [0.29, 0.717) is 25.2 Å². The SMILES string of the molecule is CCCCc1nc(N)c2c(n1)c(CCCCN1CCN(C(C)C)CC1)cn2COCc1ccccc1. The predicted octanol–water partition coefficient (Wildman–Crippen LogP) is 4.88. The summed E-state index contributed by atoms with van der Waals surface area (Å²) in [4.78, 5) is 14.8. The van der Waals surface area contributed by atoms with Crippen LogP contribution in [0.25, 0.3) is 11.0 Å². The third-order valence-corrected chi connectivity index (χ3v) is 7.26. The van der Waals surface area contributed by atoms with E-state index >= 15 is 0 Å². The van der Waals surface area contributed by atoms with E-state index in [4.69, 9.17) is 15.5 Å². The molecule has 0 amide bonds. The van der Waals surface area contributed by atoms with Gasteiger partial charge in [0, 0.05) is 44.8 Å². The molecule has 2 N–H and O–H groups in total. The summed E-state index contributed by atoms with van der Waals surface area (Å²) in [7, 11) is 0. The summed E-state index contributed by atoms with van der Waals surface area (Å²) < 4.78 is 8.14. The largest absolute Gasteiger partial charge is 0.382 e. The van der Waals surface area contributed by atoms with E-state index in [1.807, 2.05) is 18.2 Å². The molecule has 0 spiro atoms. The molecule has 196 valence electrons. The normalized spacial score (nSPS) is 15.3. The fourth-order valence-corrected chi connectivity index (χ4v) is 5.06. The maximum atomic E-state index is 6.47. The number of piperazine rings is 1. The molecular weight excluding hydrogens is 448 g/mol. The first-order valence-corrected chi connectivity index (χ1v) is 13.8. The van der Waals surface area contributed by atoms with Crippen molar-refractivity contribution in [1.82, 2.24) is 24.3 Å². The lowest BCUT2D eigenvalue weighted by molar-refractivity contribution is 0.0667. The van der Waals surface area contributed by atoms with Gasteiger partial charge in [0.2, 0.25) is 0 Å². The maximum absolute atomic E-state index is 6.47. The molecular formula is C29H44N6O. The summed E-state index contributed by atoms with van der Waals surface area (Å²) >= 11 is 0. The molecule has 2 aromatic heterocycles. The van der Waals surface area contributed by atoms with Crippen molar-refractivity contribution in [2.75, 3.05) is 38.5 Å². The van der Waals surface area contributed by atoms with Gasteiger partial charge in [-0.1, -0.05) is 43.7 Å². The summed E-state index contributed by atoms with van der Waals surface area (Å²) in [6.07, 6.45) is 8.58. The smallest absolute Gasteiger partial charge is 0.151 e. The molecule has 1 aliphatic rings. The van der Waals surface area contributed by atoms with Crippen LogP contribution in [0.5, 0.6) is 0 Å². The molecule has 7 nitrogen and oxygen atoms in total. The number of fused-ring (bicyclic) bond motifs is 1. The molecule has 4 rings (SSSR count). The Morgan fingerprint density at radius 2 is 1.75 bits per heavy atom. The van der Waals surface area contributed by atoms with Gasteiger partial charge in [-0.2, -0.15) is 0 Å². The highest BCUT2D eigenvalue weighted by molar-refractivity contribution is 5.88. The van der Waals surface area contributed by atoms with E-state index in [2.05, 4.69) is 58.5 Å². The Morgan fingerprint density at radius 3 is 2.47 bits per heavy atom. The Labute approximate surface area is 216 Å². The number of aryl methyl sites for hydroxylation is 2. The molecule has 7 heteroatoms. The highest BCUT2D eigenvalue weighted by Crippen LogP contribution is 2.26.